The van der Waals surface area contributed by atoms with E-state index in [9.17, 15) is 4.39 Å². The Morgan fingerprint density at radius 2 is 2.05 bits per heavy atom. The molecule has 0 radical (unpaired) electrons. The van der Waals surface area contributed by atoms with Crippen LogP contribution in [0.15, 0.2) is 24.5 Å². The highest BCUT2D eigenvalue weighted by Crippen LogP contribution is 2.45. The quantitative estimate of drug-likeness (QED) is 0.845. The lowest BCUT2D eigenvalue weighted by atomic mass is 10.0. The number of aryl methyl sites for hydroxylation is 1. The highest BCUT2D eigenvalue weighted by molar-refractivity contribution is 5.72. The lowest BCUT2D eigenvalue weighted by Gasteiger charge is -2.12. The molecule has 0 aliphatic heterocycles. The second-order valence-electron chi connectivity index (χ2n) is 4.88. The second kappa shape index (κ2) is 4.61. The molecule has 0 unspecified atom stereocenters. The van der Waals surface area contributed by atoms with Gasteiger partial charge in [0, 0.05) is 5.92 Å². The molecular formula is C15H15FN2O. The van der Waals surface area contributed by atoms with E-state index in [0.717, 1.165) is 29.7 Å². The molecule has 19 heavy (non-hydrogen) atoms. The topological polar surface area (TPSA) is 35.0 Å². The average molecular weight is 258 g/mol. The predicted molar refractivity (Wildman–Crippen MR) is 70.7 cm³/mol. The Balaban J connectivity index is 2.18. The van der Waals surface area contributed by atoms with Crippen LogP contribution in [0.25, 0.3) is 11.1 Å². The highest BCUT2D eigenvalue weighted by Gasteiger charge is 2.30. The first-order valence-corrected chi connectivity index (χ1v) is 6.36. The number of hydrogen-bond donors (Lipinski definition) is 0. The smallest absolute Gasteiger partial charge is 0.224 e. The molecule has 1 aromatic carbocycles. The largest absolute Gasteiger partial charge is 0.480 e. The molecule has 1 aliphatic rings. The number of benzene rings is 1. The van der Waals surface area contributed by atoms with E-state index >= 15 is 0 Å². The molecule has 0 N–H and O–H groups in total. The van der Waals surface area contributed by atoms with Gasteiger partial charge in [-0.05, 0) is 43.0 Å². The lowest BCUT2D eigenvalue weighted by Crippen LogP contribution is -1.99. The van der Waals surface area contributed by atoms with Gasteiger partial charge in [-0.2, -0.15) is 0 Å². The van der Waals surface area contributed by atoms with Gasteiger partial charge < -0.3 is 4.74 Å². The predicted octanol–water partition coefficient (Wildman–Crippen LogP) is 3.48. The summed E-state index contributed by atoms with van der Waals surface area (Å²) in [7, 11) is 1.60. The molecule has 1 aromatic heterocycles. The normalized spacial score (nSPS) is 14.5. The van der Waals surface area contributed by atoms with E-state index in [1.54, 1.807) is 20.1 Å². The fraction of sp³-hybridized carbons (Fsp3) is 0.333. The van der Waals surface area contributed by atoms with Crippen LogP contribution in [0.5, 0.6) is 5.88 Å². The van der Waals surface area contributed by atoms with Crippen LogP contribution in [0.3, 0.4) is 0 Å². The Hall–Kier alpha value is -1.97. The van der Waals surface area contributed by atoms with Crippen molar-refractivity contribution in [3.63, 3.8) is 0 Å². The molecule has 3 rings (SSSR count). The number of ether oxygens (including phenoxy) is 1. The summed E-state index contributed by atoms with van der Waals surface area (Å²) in [5, 5.41) is 0. The Morgan fingerprint density at radius 3 is 2.68 bits per heavy atom. The summed E-state index contributed by atoms with van der Waals surface area (Å²) in [6, 6.07) is 5.06. The summed E-state index contributed by atoms with van der Waals surface area (Å²) in [5.74, 6) is 0.840. The average Bonchev–Trinajstić information content (AvgIpc) is 3.25. The van der Waals surface area contributed by atoms with Gasteiger partial charge in [-0.25, -0.2) is 14.4 Å². The van der Waals surface area contributed by atoms with Gasteiger partial charge >= 0.3 is 0 Å². The maximum Gasteiger partial charge on any atom is 0.224 e. The minimum Gasteiger partial charge on any atom is -0.480 e. The molecule has 0 saturated heterocycles. The van der Waals surface area contributed by atoms with E-state index in [1.165, 1.54) is 12.4 Å². The van der Waals surface area contributed by atoms with Gasteiger partial charge in [0.25, 0.3) is 0 Å². The number of nitrogens with zero attached hydrogens (tertiary/aromatic N) is 2. The molecule has 98 valence electrons. The van der Waals surface area contributed by atoms with Crippen LogP contribution in [0.2, 0.25) is 0 Å². The number of methoxy groups -OCH3 is 1. The first kappa shape index (κ1) is 12.1. The molecule has 0 amide bonds. The summed E-state index contributed by atoms with van der Waals surface area (Å²) >= 11 is 0. The standard InChI is InChI=1S/C15H15FN2O/c1-9-7-11(5-6-12(9)16)13-14(10-3-4-10)17-8-18-15(13)19-2/h5-8,10H,3-4H2,1-2H3. The highest BCUT2D eigenvalue weighted by atomic mass is 19.1. The van der Waals surface area contributed by atoms with E-state index in [1.807, 2.05) is 6.07 Å². The minimum atomic E-state index is -0.201. The van der Waals surface area contributed by atoms with Crippen LogP contribution < -0.4 is 4.74 Å². The van der Waals surface area contributed by atoms with Crippen molar-refractivity contribution in [3.05, 3.63) is 41.6 Å². The number of hydrogen-bond acceptors (Lipinski definition) is 3. The summed E-state index contributed by atoms with van der Waals surface area (Å²) in [6.07, 6.45) is 3.83. The van der Waals surface area contributed by atoms with Crippen LogP contribution in [-0.4, -0.2) is 17.1 Å². The summed E-state index contributed by atoms with van der Waals surface area (Å²) in [4.78, 5) is 8.56. The molecule has 1 saturated carbocycles. The van der Waals surface area contributed by atoms with Crippen molar-refractivity contribution >= 4 is 0 Å². The maximum absolute atomic E-state index is 13.4. The Morgan fingerprint density at radius 1 is 1.26 bits per heavy atom. The van der Waals surface area contributed by atoms with Crippen molar-refractivity contribution in [2.24, 2.45) is 0 Å². The zero-order chi connectivity index (χ0) is 13.4. The molecule has 1 heterocycles. The zero-order valence-corrected chi connectivity index (χ0v) is 11.0. The van der Waals surface area contributed by atoms with Crippen LogP contribution in [0.4, 0.5) is 4.39 Å². The monoisotopic (exact) mass is 258 g/mol. The van der Waals surface area contributed by atoms with E-state index < -0.39 is 0 Å². The molecule has 0 atom stereocenters. The first-order chi connectivity index (χ1) is 9.20. The SMILES string of the molecule is COc1ncnc(C2CC2)c1-c1ccc(F)c(C)c1. The van der Waals surface area contributed by atoms with Crippen LogP contribution in [0, 0.1) is 12.7 Å². The molecule has 0 bridgehead atoms. The van der Waals surface area contributed by atoms with Crippen LogP contribution in [0.1, 0.15) is 30.0 Å². The number of rotatable bonds is 3. The third kappa shape index (κ3) is 2.18. The van der Waals surface area contributed by atoms with Crippen molar-refractivity contribution < 1.29 is 9.13 Å². The summed E-state index contributed by atoms with van der Waals surface area (Å²) in [6.45, 7) is 1.76. The van der Waals surface area contributed by atoms with E-state index in [4.69, 9.17) is 4.74 Å². The third-order valence-electron chi connectivity index (χ3n) is 3.45. The molecule has 1 aliphatic carbocycles. The zero-order valence-electron chi connectivity index (χ0n) is 11.0. The van der Waals surface area contributed by atoms with Crippen molar-refractivity contribution in [1.82, 2.24) is 9.97 Å². The van der Waals surface area contributed by atoms with Crippen molar-refractivity contribution in [2.45, 2.75) is 25.7 Å². The fourth-order valence-electron chi connectivity index (χ4n) is 2.27. The Kier molecular flexibility index (Phi) is 2.93. The molecule has 3 nitrogen and oxygen atoms in total. The molecule has 4 heteroatoms. The van der Waals surface area contributed by atoms with Gasteiger partial charge in [0.1, 0.15) is 12.1 Å². The summed E-state index contributed by atoms with van der Waals surface area (Å²) < 4.78 is 18.7. The lowest BCUT2D eigenvalue weighted by molar-refractivity contribution is 0.398. The number of halogens is 1. The minimum absolute atomic E-state index is 0.201. The molecule has 1 fully saturated rings. The maximum atomic E-state index is 13.4. The Bertz CT molecular complexity index is 624. The number of aromatic nitrogens is 2. The van der Waals surface area contributed by atoms with Gasteiger partial charge in [-0.3, -0.25) is 0 Å². The Labute approximate surface area is 111 Å². The van der Waals surface area contributed by atoms with Crippen molar-refractivity contribution in [3.8, 4) is 17.0 Å². The molecular weight excluding hydrogens is 243 g/mol. The molecule has 0 spiro atoms. The van der Waals surface area contributed by atoms with E-state index in [0.29, 0.717) is 17.4 Å². The van der Waals surface area contributed by atoms with Gasteiger partial charge in [0.15, 0.2) is 0 Å². The van der Waals surface area contributed by atoms with Crippen molar-refractivity contribution in [2.75, 3.05) is 7.11 Å². The van der Waals surface area contributed by atoms with Gasteiger partial charge in [0.05, 0.1) is 18.4 Å². The second-order valence-corrected chi connectivity index (χ2v) is 4.88. The van der Waals surface area contributed by atoms with E-state index in [2.05, 4.69) is 9.97 Å². The van der Waals surface area contributed by atoms with Crippen LogP contribution in [-0.2, 0) is 0 Å². The van der Waals surface area contributed by atoms with E-state index in [-0.39, 0.29) is 5.82 Å². The van der Waals surface area contributed by atoms with Crippen LogP contribution >= 0.6 is 0 Å². The summed E-state index contributed by atoms with van der Waals surface area (Å²) in [5.41, 5.74) is 3.44. The fourth-order valence-corrected chi connectivity index (χ4v) is 2.27. The molecule has 2 aromatic rings. The first-order valence-electron chi connectivity index (χ1n) is 6.36. The van der Waals surface area contributed by atoms with Gasteiger partial charge in [-0.1, -0.05) is 6.07 Å². The van der Waals surface area contributed by atoms with Crippen molar-refractivity contribution in [1.29, 1.82) is 0 Å². The van der Waals surface area contributed by atoms with Gasteiger partial charge in [0.2, 0.25) is 5.88 Å². The van der Waals surface area contributed by atoms with Gasteiger partial charge in [-0.15, -0.1) is 0 Å². The third-order valence-corrected chi connectivity index (χ3v) is 3.45.